The summed E-state index contributed by atoms with van der Waals surface area (Å²) in [5, 5.41) is 28.0. The summed E-state index contributed by atoms with van der Waals surface area (Å²) in [5.41, 5.74) is 10.6. The number of H-pyrrole nitrogens is 1. The third-order valence-corrected chi connectivity index (χ3v) is 25.4. The van der Waals surface area contributed by atoms with Gasteiger partial charge in [0, 0.05) is 28.0 Å². The maximum Gasteiger partial charge on any atom is 1.00 e. The zero-order valence-corrected chi connectivity index (χ0v) is 80.9. The predicted molar refractivity (Wildman–Crippen MR) is 521 cm³/mol. The number of para-hydroxylation sites is 3. The molecule has 0 unspecified atom stereocenters. The third kappa shape index (κ3) is 23.1. The largest absolute Gasteiger partial charge is 1.00 e. The minimum Gasteiger partial charge on any atom is -1.00 e. The molecule has 7 heterocycles. The minimum atomic E-state index is 0. The molecular formula is C102H74BrCl11KN11O. The van der Waals surface area contributed by atoms with Crippen molar-refractivity contribution in [1.29, 1.82) is 0 Å². The van der Waals surface area contributed by atoms with Crippen molar-refractivity contribution < 1.29 is 90.8 Å². The van der Waals surface area contributed by atoms with Crippen molar-refractivity contribution in [2.45, 2.75) is 43.9 Å². The van der Waals surface area contributed by atoms with Gasteiger partial charge in [-0.3, -0.25) is 4.98 Å². The number of imidazole rings is 4. The Morgan fingerprint density at radius 1 is 0.299 bits per heavy atom. The standard InChI is InChI=1S/2C28H20Cl2N3.C18H12Cl2N2.C15H11Br.C10H8ClN.C3H2Cl2N2.2ClH.K.H2O/c2*29-27-28(30)33(17-25-12-11-20-5-3-4-8-26(20)31-25)18-32(27)16-19-9-10-23-14-21-6-1-2-7-22(21)15-24(23)13-19;19-17-18(20)22(11-21-17)10-12-5-6-15-8-13-3-1-2-4-14(13)9-16(15)7-12;16-10-11-5-6-14-8-12-3-1-2-4-13(12)9-15(14)7-11;11-7-9-6-5-8-3-1-2-4-10(8)12-9;4-2-3(5)7-1-6-2;;;;/h2*1-15,18H,16-17H2;1-9,11H,10H2;1-9H,10H2;1-6H,7H2;1H,(H,6,7);2*1H;;1H2/q2*+1;;;;;;;+1;/p-3. The number of aromatic nitrogens is 11. The summed E-state index contributed by atoms with van der Waals surface area (Å²) in [6.07, 6.45) is 7.03. The van der Waals surface area contributed by atoms with Crippen LogP contribution in [-0.2, 0) is 43.9 Å². The molecule has 0 aliphatic rings. The number of hydrogen-bond acceptors (Lipinski definition) is 6. The number of aromatic amines is 1. The Kier molecular flexibility index (Phi) is 33.3. The molecule has 7 aromatic heterocycles. The van der Waals surface area contributed by atoms with Crippen molar-refractivity contribution in [3.8, 4) is 0 Å². The quantitative estimate of drug-likeness (QED) is 0.0561. The first-order chi connectivity index (χ1) is 60.0. The summed E-state index contributed by atoms with van der Waals surface area (Å²) in [7, 11) is 0. The summed E-state index contributed by atoms with van der Waals surface area (Å²) in [6, 6.07) is 114. The Labute approximate surface area is 841 Å². The van der Waals surface area contributed by atoms with Gasteiger partial charge < -0.3 is 39.8 Å². The average molecular weight is 1980 g/mol. The van der Waals surface area contributed by atoms with Crippen LogP contribution < -0.4 is 85.3 Å². The van der Waals surface area contributed by atoms with Gasteiger partial charge >= 0.3 is 51.4 Å². The van der Waals surface area contributed by atoms with E-state index < -0.39 is 0 Å². The van der Waals surface area contributed by atoms with Crippen LogP contribution in [-0.4, -0.2) is 49.1 Å². The van der Waals surface area contributed by atoms with Crippen molar-refractivity contribution in [2.75, 3.05) is 0 Å². The zero-order valence-electron chi connectivity index (χ0n) is 67.9. The molecule has 0 fully saturated rings. The van der Waals surface area contributed by atoms with Gasteiger partial charge in [0.1, 0.15) is 36.5 Å². The van der Waals surface area contributed by atoms with Gasteiger partial charge in [-0.05, 0) is 258 Å². The summed E-state index contributed by atoms with van der Waals surface area (Å²) >= 11 is 58.3. The van der Waals surface area contributed by atoms with Crippen LogP contribution in [0.5, 0.6) is 0 Å². The first-order valence-corrected chi connectivity index (χ1v) is 44.1. The predicted octanol–water partition coefficient (Wildman–Crippen LogP) is 20.0. The van der Waals surface area contributed by atoms with E-state index in [-0.39, 0.29) is 81.7 Å². The molecule has 25 heteroatoms. The van der Waals surface area contributed by atoms with Crippen LogP contribution in [0.4, 0.5) is 0 Å². The van der Waals surface area contributed by atoms with Crippen LogP contribution in [0.15, 0.2) is 353 Å². The Hall–Kier alpha value is -9.28. The van der Waals surface area contributed by atoms with Crippen LogP contribution in [0.2, 0.25) is 41.2 Å². The SMILES string of the molecule is BrCc1ccc2cc3ccccc3cc2c1.ClCc1ccc2ccccc2n1.Clc1c(Cl)[n+](Cc2ccc3cc4ccccc4cc3c2)cn1Cc1ccc2ccccc2n1.Clc1c(Cl)[n+](Cc2ccc3cc4ccccc4cc3c2)cn1Cc1ccc2ccccc2n1.Clc1nc[nH]c1Cl.Clc1ncn(Cc2ccc3cc4ccccc4cc3c2)c1Cl.[Cl-].[Cl-].[K+].[OH-]. The normalized spacial score (nSPS) is 10.9. The molecule has 0 amide bonds. The topological polar surface area (TPSA) is 133 Å². The smallest absolute Gasteiger partial charge is 1.00 e. The van der Waals surface area contributed by atoms with E-state index in [1.807, 2.05) is 120 Å². The van der Waals surface area contributed by atoms with Crippen LogP contribution in [0.25, 0.3) is 119 Å². The summed E-state index contributed by atoms with van der Waals surface area (Å²) < 4.78 is 9.68. The molecule has 0 aliphatic heterocycles. The van der Waals surface area contributed by atoms with Gasteiger partial charge in [-0.15, -0.1) is 11.6 Å². The summed E-state index contributed by atoms with van der Waals surface area (Å²) in [6.45, 7) is 3.04. The van der Waals surface area contributed by atoms with E-state index in [2.05, 4.69) is 279 Å². The molecule has 0 atom stereocenters. The van der Waals surface area contributed by atoms with E-state index in [1.165, 1.54) is 115 Å². The fraction of sp³-hybridized carbons (Fsp3) is 0.0686. The first-order valence-electron chi connectivity index (χ1n) is 39.4. The van der Waals surface area contributed by atoms with Gasteiger partial charge in [-0.25, -0.2) is 38.2 Å². The van der Waals surface area contributed by atoms with Crippen LogP contribution >= 0.6 is 120 Å². The van der Waals surface area contributed by atoms with Crippen LogP contribution in [0, 0.1) is 0 Å². The minimum absolute atomic E-state index is 0. The average Bonchev–Trinajstić information content (AvgIpc) is 1.68. The van der Waals surface area contributed by atoms with Gasteiger partial charge in [-0.1, -0.05) is 287 Å². The fourth-order valence-corrected chi connectivity index (χ4v) is 16.9. The number of nitrogens with zero attached hydrogens (tertiary/aromatic N) is 10. The molecule has 0 saturated heterocycles. The maximum atomic E-state index is 6.61. The number of hydrogen-bond donors (Lipinski definition) is 1. The second-order valence-electron chi connectivity index (χ2n) is 29.6. The number of alkyl halides is 2. The monoisotopic (exact) mass is 1970 g/mol. The molecule has 0 aliphatic carbocycles. The van der Waals surface area contributed by atoms with Crippen molar-refractivity contribution in [2.24, 2.45) is 0 Å². The molecule has 22 aromatic rings. The Balaban J connectivity index is 0.000000137. The molecule has 12 nitrogen and oxygen atoms in total. The molecule has 127 heavy (non-hydrogen) atoms. The van der Waals surface area contributed by atoms with Crippen LogP contribution in [0.3, 0.4) is 0 Å². The number of nitrogens with one attached hydrogen (secondary N) is 1. The molecule has 628 valence electrons. The number of halogens is 12. The number of rotatable bonds is 12. The Morgan fingerprint density at radius 3 is 0.921 bits per heavy atom. The summed E-state index contributed by atoms with van der Waals surface area (Å²) in [4.78, 5) is 24.1. The van der Waals surface area contributed by atoms with Gasteiger partial charge in [0.2, 0.25) is 12.7 Å². The second-order valence-corrected chi connectivity index (χ2v) is 33.4. The summed E-state index contributed by atoms with van der Waals surface area (Å²) in [5.74, 6) is 0.477. The van der Waals surface area contributed by atoms with Crippen molar-refractivity contribution >= 4 is 239 Å². The van der Waals surface area contributed by atoms with Gasteiger partial charge in [0.05, 0.1) is 52.2 Å². The zero-order chi connectivity index (χ0) is 84.5. The number of benzene rings is 15. The van der Waals surface area contributed by atoms with E-state index in [9.17, 15) is 0 Å². The third-order valence-electron chi connectivity index (χ3n) is 21.2. The van der Waals surface area contributed by atoms with Crippen molar-refractivity contribution in [1.82, 2.24) is 43.6 Å². The van der Waals surface area contributed by atoms with E-state index in [0.717, 1.165) is 55.1 Å². The van der Waals surface area contributed by atoms with Gasteiger partial charge in [0.15, 0.2) is 10.3 Å². The van der Waals surface area contributed by atoms with E-state index in [4.69, 9.17) is 114 Å². The second kappa shape index (κ2) is 44.4. The van der Waals surface area contributed by atoms with Crippen molar-refractivity contribution in [3.05, 3.63) is 433 Å². The Bertz CT molecular complexity index is 7400. The molecule has 0 radical (unpaired) electrons. The maximum absolute atomic E-state index is 6.61. The number of pyridine rings is 3. The molecule has 0 bridgehead atoms. The van der Waals surface area contributed by atoms with Crippen LogP contribution in [0.1, 0.15) is 39.3 Å². The molecular weight excluding hydrogens is 1900 g/mol. The van der Waals surface area contributed by atoms with Crippen molar-refractivity contribution in [3.63, 3.8) is 0 Å². The fourth-order valence-electron chi connectivity index (χ4n) is 15.0. The number of fused-ring (bicyclic) bond motifs is 11. The van der Waals surface area contributed by atoms with E-state index in [0.29, 0.717) is 79.8 Å². The van der Waals surface area contributed by atoms with Gasteiger partial charge in [0.25, 0.3) is 20.6 Å². The molecule has 22 rings (SSSR count). The first kappa shape index (κ1) is 95.3. The molecule has 0 spiro atoms. The van der Waals surface area contributed by atoms with E-state index in [1.54, 1.807) is 6.33 Å². The van der Waals surface area contributed by atoms with Gasteiger partial charge in [-0.2, -0.15) is 0 Å². The van der Waals surface area contributed by atoms with E-state index >= 15 is 0 Å². The molecule has 2 N–H and O–H groups in total. The molecule has 0 saturated carbocycles. The Morgan fingerprint density at radius 2 is 0.598 bits per heavy atom. The molecule has 15 aromatic carbocycles.